The summed E-state index contributed by atoms with van der Waals surface area (Å²) < 4.78 is 5.99. The first kappa shape index (κ1) is 16.5. The zero-order chi connectivity index (χ0) is 16.1. The van der Waals surface area contributed by atoms with E-state index >= 15 is 0 Å². The predicted octanol–water partition coefficient (Wildman–Crippen LogP) is 2.61. The summed E-state index contributed by atoms with van der Waals surface area (Å²) in [4.78, 5) is 15.1. The molecular weight excluding hydrogens is 288 g/mol. The smallest absolute Gasteiger partial charge is 0.228 e. The van der Waals surface area contributed by atoms with E-state index < -0.39 is 0 Å². The van der Waals surface area contributed by atoms with E-state index in [-0.39, 0.29) is 12.0 Å². The van der Waals surface area contributed by atoms with E-state index in [4.69, 9.17) is 4.74 Å². The molecular formula is C19H28N2O2. The first-order chi connectivity index (χ1) is 11.3. The van der Waals surface area contributed by atoms with Crippen LogP contribution in [0.15, 0.2) is 30.3 Å². The molecule has 2 aliphatic heterocycles. The van der Waals surface area contributed by atoms with E-state index in [0.29, 0.717) is 11.8 Å². The second kappa shape index (κ2) is 7.93. The molecule has 0 spiro atoms. The summed E-state index contributed by atoms with van der Waals surface area (Å²) in [6.45, 7) is 3.60. The second-order valence-electron chi connectivity index (χ2n) is 6.78. The lowest BCUT2D eigenvalue weighted by Crippen LogP contribution is -2.45. The molecule has 2 heterocycles. The number of amides is 1. The number of carbonyl (C=O) groups is 1. The third-order valence-electron chi connectivity index (χ3n) is 5.19. The minimum Gasteiger partial charge on any atom is -0.373 e. The maximum absolute atomic E-state index is 13.0. The van der Waals surface area contributed by atoms with Crippen molar-refractivity contribution in [1.82, 2.24) is 10.2 Å². The Morgan fingerprint density at radius 3 is 2.65 bits per heavy atom. The van der Waals surface area contributed by atoms with Gasteiger partial charge in [0.2, 0.25) is 5.91 Å². The summed E-state index contributed by atoms with van der Waals surface area (Å²) in [6, 6.07) is 10.2. The largest absolute Gasteiger partial charge is 0.373 e. The lowest BCUT2D eigenvalue weighted by molar-refractivity contribution is -0.146. The van der Waals surface area contributed by atoms with Crippen LogP contribution in [0.25, 0.3) is 0 Å². The Labute approximate surface area is 139 Å². The number of piperidine rings is 1. The average molecular weight is 316 g/mol. The maximum Gasteiger partial charge on any atom is 0.228 e. The van der Waals surface area contributed by atoms with Crippen LogP contribution in [0, 0.1) is 11.8 Å². The molecule has 0 saturated carbocycles. The third-order valence-corrected chi connectivity index (χ3v) is 5.19. The van der Waals surface area contributed by atoms with Crippen molar-refractivity contribution in [3.63, 3.8) is 0 Å². The molecule has 0 aromatic heterocycles. The van der Waals surface area contributed by atoms with Crippen LogP contribution in [0.1, 0.15) is 37.4 Å². The van der Waals surface area contributed by atoms with Crippen LogP contribution in [0.3, 0.4) is 0 Å². The summed E-state index contributed by atoms with van der Waals surface area (Å²) in [5.41, 5.74) is 1.13. The van der Waals surface area contributed by atoms with Gasteiger partial charge >= 0.3 is 0 Å². The number of rotatable bonds is 4. The lowest BCUT2D eigenvalue weighted by atomic mass is 9.87. The van der Waals surface area contributed by atoms with Crippen molar-refractivity contribution in [3.8, 4) is 0 Å². The molecule has 1 amide bonds. The Balaban J connectivity index is 1.65. The lowest BCUT2D eigenvalue weighted by Gasteiger charge is -2.38. The molecule has 23 heavy (non-hydrogen) atoms. The molecule has 2 saturated heterocycles. The fourth-order valence-electron chi connectivity index (χ4n) is 3.89. The first-order valence-corrected chi connectivity index (χ1v) is 8.89. The van der Waals surface area contributed by atoms with Crippen LogP contribution < -0.4 is 5.32 Å². The Morgan fingerprint density at radius 2 is 1.96 bits per heavy atom. The summed E-state index contributed by atoms with van der Waals surface area (Å²) in [6.07, 6.45) is 4.06. The fourth-order valence-corrected chi connectivity index (χ4v) is 3.89. The van der Waals surface area contributed by atoms with Gasteiger partial charge in [-0.3, -0.25) is 4.79 Å². The van der Waals surface area contributed by atoms with Crippen molar-refractivity contribution in [1.29, 1.82) is 0 Å². The molecule has 4 heteroatoms. The van der Waals surface area contributed by atoms with Gasteiger partial charge in [0, 0.05) is 19.7 Å². The van der Waals surface area contributed by atoms with Gasteiger partial charge < -0.3 is 15.0 Å². The van der Waals surface area contributed by atoms with Gasteiger partial charge in [-0.15, -0.1) is 0 Å². The van der Waals surface area contributed by atoms with Gasteiger partial charge in [-0.05, 0) is 50.8 Å². The highest BCUT2D eigenvalue weighted by Gasteiger charge is 2.36. The van der Waals surface area contributed by atoms with Crippen LogP contribution >= 0.6 is 0 Å². The summed E-state index contributed by atoms with van der Waals surface area (Å²) >= 11 is 0. The van der Waals surface area contributed by atoms with Crippen LogP contribution in [-0.2, 0) is 9.53 Å². The summed E-state index contributed by atoms with van der Waals surface area (Å²) in [7, 11) is 2.00. The van der Waals surface area contributed by atoms with Crippen LogP contribution in [0.5, 0.6) is 0 Å². The van der Waals surface area contributed by atoms with Crippen molar-refractivity contribution in [3.05, 3.63) is 35.9 Å². The van der Waals surface area contributed by atoms with Crippen molar-refractivity contribution in [2.75, 3.05) is 33.3 Å². The Kier molecular flexibility index (Phi) is 5.68. The highest BCUT2D eigenvalue weighted by molar-refractivity contribution is 5.80. The van der Waals surface area contributed by atoms with Crippen LogP contribution in [-0.4, -0.2) is 44.1 Å². The Bertz CT molecular complexity index is 497. The zero-order valence-corrected chi connectivity index (χ0v) is 14.0. The van der Waals surface area contributed by atoms with E-state index in [1.165, 1.54) is 0 Å². The fraction of sp³-hybridized carbons (Fsp3) is 0.632. The van der Waals surface area contributed by atoms with Gasteiger partial charge in [-0.2, -0.15) is 0 Å². The van der Waals surface area contributed by atoms with Gasteiger partial charge in [0.15, 0.2) is 0 Å². The molecule has 4 nitrogen and oxygen atoms in total. The number of nitrogens with one attached hydrogen (secondary N) is 1. The Morgan fingerprint density at radius 1 is 1.22 bits per heavy atom. The van der Waals surface area contributed by atoms with E-state index in [0.717, 1.165) is 57.5 Å². The van der Waals surface area contributed by atoms with Crippen LogP contribution in [0.4, 0.5) is 0 Å². The molecule has 1 aromatic rings. The predicted molar refractivity (Wildman–Crippen MR) is 91.1 cm³/mol. The van der Waals surface area contributed by atoms with Gasteiger partial charge in [0.05, 0.1) is 12.0 Å². The number of nitrogens with zero attached hydrogens (tertiary/aromatic N) is 1. The van der Waals surface area contributed by atoms with Crippen molar-refractivity contribution in [2.24, 2.45) is 11.8 Å². The quantitative estimate of drug-likeness (QED) is 0.928. The number of likely N-dealkylation sites (tertiary alicyclic amines) is 1. The molecule has 1 N–H and O–H groups in total. The monoisotopic (exact) mass is 316 g/mol. The number of hydrogen-bond acceptors (Lipinski definition) is 3. The minimum atomic E-state index is -0.0764. The van der Waals surface area contributed by atoms with E-state index in [2.05, 4.69) is 22.3 Å². The molecule has 0 aliphatic carbocycles. The zero-order valence-electron chi connectivity index (χ0n) is 14.0. The van der Waals surface area contributed by atoms with Gasteiger partial charge in [-0.1, -0.05) is 30.3 Å². The SMILES string of the molecule is CNCC1CCN(C(=O)C2CCCOC2c2ccccc2)CC1. The maximum atomic E-state index is 13.0. The molecule has 1 aromatic carbocycles. The molecule has 126 valence electrons. The number of carbonyl (C=O) groups excluding carboxylic acids is 1. The van der Waals surface area contributed by atoms with E-state index in [1.54, 1.807) is 0 Å². The normalized spacial score (nSPS) is 26.2. The highest BCUT2D eigenvalue weighted by atomic mass is 16.5. The number of benzene rings is 1. The van der Waals surface area contributed by atoms with Crippen molar-refractivity contribution < 1.29 is 9.53 Å². The third kappa shape index (κ3) is 3.93. The topological polar surface area (TPSA) is 41.6 Å². The number of ether oxygens (including phenoxy) is 1. The van der Waals surface area contributed by atoms with Gasteiger partial charge in [-0.25, -0.2) is 0 Å². The van der Waals surface area contributed by atoms with Crippen molar-refractivity contribution >= 4 is 5.91 Å². The molecule has 0 bridgehead atoms. The van der Waals surface area contributed by atoms with Gasteiger partial charge in [0.25, 0.3) is 0 Å². The summed E-state index contributed by atoms with van der Waals surface area (Å²) in [5.74, 6) is 0.977. The molecule has 2 aliphatic rings. The van der Waals surface area contributed by atoms with Crippen molar-refractivity contribution in [2.45, 2.75) is 31.8 Å². The highest BCUT2D eigenvalue weighted by Crippen LogP contribution is 2.35. The second-order valence-corrected chi connectivity index (χ2v) is 6.78. The Hall–Kier alpha value is -1.39. The first-order valence-electron chi connectivity index (χ1n) is 8.89. The molecule has 0 radical (unpaired) electrons. The van der Waals surface area contributed by atoms with E-state index in [9.17, 15) is 4.79 Å². The average Bonchev–Trinajstić information content (AvgIpc) is 2.63. The summed E-state index contributed by atoms with van der Waals surface area (Å²) in [5, 5.41) is 3.25. The minimum absolute atomic E-state index is 0.0213. The number of hydrogen-bond donors (Lipinski definition) is 1. The molecule has 2 atom stereocenters. The molecule has 2 fully saturated rings. The van der Waals surface area contributed by atoms with Crippen LogP contribution in [0.2, 0.25) is 0 Å². The van der Waals surface area contributed by atoms with Gasteiger partial charge in [0.1, 0.15) is 0 Å². The molecule has 3 rings (SSSR count). The standard InChI is InChI=1S/C19H28N2O2/c1-20-14-15-9-11-21(12-10-15)19(22)17-8-5-13-23-18(17)16-6-3-2-4-7-16/h2-4,6-7,15,17-18,20H,5,8-14H2,1H3. The van der Waals surface area contributed by atoms with E-state index in [1.807, 2.05) is 25.2 Å². The molecule has 2 unspecified atom stereocenters.